The molecule has 0 aromatic heterocycles. The maximum Gasteiger partial charge on any atom is 0.202 e. The Morgan fingerprint density at radius 1 is 1.22 bits per heavy atom. The van der Waals surface area contributed by atoms with Crippen molar-refractivity contribution in [3.05, 3.63) is 46.8 Å². The average Bonchev–Trinajstić information content (AvgIpc) is 2.54. The van der Waals surface area contributed by atoms with Crippen molar-refractivity contribution in [2.75, 3.05) is 19.6 Å². The first-order chi connectivity index (χ1) is 11.1. The van der Waals surface area contributed by atoms with E-state index in [4.69, 9.17) is 4.98 Å². The van der Waals surface area contributed by atoms with E-state index in [0.717, 1.165) is 30.8 Å². The summed E-state index contributed by atoms with van der Waals surface area (Å²) in [4.78, 5) is 6.24. The Labute approximate surface area is 140 Å². The summed E-state index contributed by atoms with van der Waals surface area (Å²) in [5, 5.41) is 4.79. The third kappa shape index (κ3) is 2.56. The molecule has 1 N–H and O–H groups in total. The highest BCUT2D eigenvalue weighted by atomic mass is 32.1. The molecule has 0 spiro atoms. The second-order valence-corrected chi connectivity index (χ2v) is 7.58. The quantitative estimate of drug-likeness (QED) is 0.509. The molecule has 1 aliphatic carbocycles. The normalized spacial score (nSPS) is 21.1. The van der Waals surface area contributed by atoms with Crippen LogP contribution in [0.3, 0.4) is 0 Å². The summed E-state index contributed by atoms with van der Waals surface area (Å²) >= 11 is 1.85. The molecular formula is C19H22N3S+. The first kappa shape index (κ1) is 14.8. The van der Waals surface area contributed by atoms with Gasteiger partial charge in [0.25, 0.3) is 0 Å². The number of nitrogens with one attached hydrogen (secondary N) is 1. The Morgan fingerprint density at radius 2 is 2.09 bits per heavy atom. The zero-order valence-corrected chi connectivity index (χ0v) is 14.7. The van der Waals surface area contributed by atoms with Crippen molar-refractivity contribution >= 4 is 21.6 Å². The van der Waals surface area contributed by atoms with Crippen molar-refractivity contribution < 1.29 is 0 Å². The van der Waals surface area contributed by atoms with E-state index in [-0.39, 0.29) is 0 Å². The summed E-state index contributed by atoms with van der Waals surface area (Å²) in [6.45, 7) is 9.78. The van der Waals surface area contributed by atoms with Crippen LogP contribution in [0.15, 0.2) is 30.3 Å². The van der Waals surface area contributed by atoms with E-state index in [1.165, 1.54) is 26.1 Å². The molecule has 0 amide bonds. The van der Waals surface area contributed by atoms with E-state index in [2.05, 4.69) is 61.0 Å². The van der Waals surface area contributed by atoms with Gasteiger partial charge in [0.2, 0.25) is 5.36 Å². The monoisotopic (exact) mass is 324 g/mol. The molecule has 2 heterocycles. The number of piperazine rings is 1. The smallest absolute Gasteiger partial charge is 0.202 e. The van der Waals surface area contributed by atoms with E-state index in [1.54, 1.807) is 0 Å². The number of hydrogen-bond acceptors (Lipinski definition) is 3. The highest BCUT2D eigenvalue weighted by molar-refractivity contribution is 7.21. The number of rotatable bonds is 0. The van der Waals surface area contributed by atoms with Crippen LogP contribution in [-0.2, 0) is 0 Å². The lowest BCUT2D eigenvalue weighted by Crippen LogP contribution is -2.51. The Bertz CT molecular complexity index is 926. The van der Waals surface area contributed by atoms with Crippen LogP contribution in [0.1, 0.15) is 18.1 Å². The Morgan fingerprint density at radius 3 is 2.91 bits per heavy atom. The first-order valence-corrected chi connectivity index (χ1v) is 9.06. The summed E-state index contributed by atoms with van der Waals surface area (Å²) in [6.07, 6.45) is 0. The number of benzene rings is 2. The first-order valence-electron chi connectivity index (χ1n) is 8.24. The summed E-state index contributed by atoms with van der Waals surface area (Å²) < 4.78 is 3.78. The largest absolute Gasteiger partial charge is 0.305 e. The van der Waals surface area contributed by atoms with Crippen LogP contribution in [0.4, 0.5) is 0 Å². The van der Waals surface area contributed by atoms with Crippen molar-refractivity contribution in [1.82, 2.24) is 14.9 Å². The minimum absolute atomic E-state index is 0.529. The maximum absolute atomic E-state index is 4.96. The van der Waals surface area contributed by atoms with Crippen molar-refractivity contribution in [3.63, 3.8) is 0 Å². The number of aromatic nitrogens is 1. The fourth-order valence-corrected chi connectivity index (χ4v) is 4.60. The predicted molar refractivity (Wildman–Crippen MR) is 98.2 cm³/mol. The van der Waals surface area contributed by atoms with Gasteiger partial charge in [-0.25, -0.2) is 9.56 Å². The lowest BCUT2D eigenvalue weighted by atomic mass is 10.1. The molecule has 1 atom stereocenters. The molecule has 1 aromatic carbocycles. The van der Waals surface area contributed by atoms with Gasteiger partial charge in [0.05, 0.1) is 33.9 Å². The fraction of sp³-hybridized carbons (Fsp3) is 0.368. The fourth-order valence-electron chi connectivity index (χ4n) is 3.43. The molecule has 118 valence electrons. The third-order valence-electron chi connectivity index (χ3n) is 4.73. The zero-order valence-electron chi connectivity index (χ0n) is 13.9. The third-order valence-corrected chi connectivity index (χ3v) is 5.81. The SMILES string of the molecule is Cc1cc(=[N+]2CCNCC2C)cc2sc3cccc(C)c3nc1-2. The molecule has 0 saturated carbocycles. The summed E-state index contributed by atoms with van der Waals surface area (Å²) in [7, 11) is 0. The molecule has 0 bridgehead atoms. The predicted octanol–water partition coefficient (Wildman–Crippen LogP) is 2.78. The molecule has 0 radical (unpaired) electrons. The lowest BCUT2D eigenvalue weighted by Gasteiger charge is -2.19. The lowest BCUT2D eigenvalue weighted by molar-refractivity contribution is 0.378. The highest BCUT2D eigenvalue weighted by Crippen LogP contribution is 2.32. The van der Waals surface area contributed by atoms with Crippen molar-refractivity contribution in [2.24, 2.45) is 0 Å². The van der Waals surface area contributed by atoms with E-state index in [9.17, 15) is 0 Å². The van der Waals surface area contributed by atoms with Crippen molar-refractivity contribution in [3.8, 4) is 10.6 Å². The average molecular weight is 324 g/mol. The maximum atomic E-state index is 4.96. The van der Waals surface area contributed by atoms with E-state index in [0.29, 0.717) is 6.04 Å². The van der Waals surface area contributed by atoms with Crippen LogP contribution in [-0.4, -0.2) is 30.7 Å². The van der Waals surface area contributed by atoms with Crippen LogP contribution < -0.4 is 15.2 Å². The minimum Gasteiger partial charge on any atom is -0.305 e. The number of hydrogen-bond donors (Lipinski definition) is 1. The van der Waals surface area contributed by atoms with Gasteiger partial charge in [0.1, 0.15) is 0 Å². The molecule has 4 heteroatoms. The van der Waals surface area contributed by atoms with Gasteiger partial charge in [-0.2, -0.15) is 0 Å². The van der Waals surface area contributed by atoms with E-state index < -0.39 is 0 Å². The molecule has 2 aliphatic heterocycles. The second-order valence-electron chi connectivity index (χ2n) is 6.49. The second kappa shape index (κ2) is 5.69. The van der Waals surface area contributed by atoms with Crippen LogP contribution in [0, 0.1) is 13.8 Å². The summed E-state index contributed by atoms with van der Waals surface area (Å²) in [5.41, 5.74) is 4.80. The van der Waals surface area contributed by atoms with E-state index >= 15 is 0 Å². The Kier molecular flexibility index (Phi) is 3.66. The van der Waals surface area contributed by atoms with Gasteiger partial charge < -0.3 is 5.32 Å². The summed E-state index contributed by atoms with van der Waals surface area (Å²) in [5.74, 6) is 0. The van der Waals surface area contributed by atoms with Gasteiger partial charge in [-0.05, 0) is 38.0 Å². The van der Waals surface area contributed by atoms with Crippen LogP contribution in [0.2, 0.25) is 0 Å². The van der Waals surface area contributed by atoms with Gasteiger partial charge in [-0.3, -0.25) is 0 Å². The molecule has 3 nitrogen and oxygen atoms in total. The molecule has 1 aromatic rings. The van der Waals surface area contributed by atoms with Crippen molar-refractivity contribution in [1.29, 1.82) is 0 Å². The number of aryl methyl sites for hydroxylation is 2. The van der Waals surface area contributed by atoms with Gasteiger partial charge in [0.15, 0.2) is 12.6 Å². The van der Waals surface area contributed by atoms with Crippen LogP contribution in [0.25, 0.3) is 20.8 Å². The van der Waals surface area contributed by atoms with Gasteiger partial charge in [-0.15, -0.1) is 11.3 Å². The number of fused-ring (bicyclic) bond motifs is 2. The Balaban J connectivity index is 2.03. The number of nitrogens with zero attached hydrogens (tertiary/aromatic N) is 2. The van der Waals surface area contributed by atoms with Gasteiger partial charge >= 0.3 is 0 Å². The molecule has 4 rings (SSSR count). The standard InChI is InChI=1S/C19H22N3S/c1-12-5-4-6-16-18(12)21-19-13(2)9-15(10-17(19)23-16)22-8-7-20-11-14(22)3/h4-6,9-10,14,20H,7-8,11H2,1-3H3/q+1. The molecule has 3 aliphatic rings. The highest BCUT2D eigenvalue weighted by Gasteiger charge is 2.22. The van der Waals surface area contributed by atoms with Crippen molar-refractivity contribution in [2.45, 2.75) is 26.8 Å². The topological polar surface area (TPSA) is 27.9 Å². The van der Waals surface area contributed by atoms with Crippen LogP contribution in [0.5, 0.6) is 0 Å². The molecule has 1 fully saturated rings. The minimum atomic E-state index is 0.529. The molecule has 1 unspecified atom stereocenters. The Hall–Kier alpha value is -1.78. The van der Waals surface area contributed by atoms with E-state index in [1.807, 2.05) is 11.3 Å². The zero-order chi connectivity index (χ0) is 16.0. The van der Waals surface area contributed by atoms with Gasteiger partial charge in [0, 0.05) is 12.1 Å². The van der Waals surface area contributed by atoms with Gasteiger partial charge in [-0.1, -0.05) is 12.1 Å². The summed E-state index contributed by atoms with van der Waals surface area (Å²) in [6, 6.07) is 11.6. The number of para-hydroxylation sites is 1. The molecule has 23 heavy (non-hydrogen) atoms. The molecule has 1 saturated heterocycles. The van der Waals surface area contributed by atoms with Crippen LogP contribution >= 0.6 is 11.3 Å². The molecular weight excluding hydrogens is 302 g/mol.